The van der Waals surface area contributed by atoms with Crippen molar-refractivity contribution in [1.29, 1.82) is 0 Å². The number of rotatable bonds is 5. The van der Waals surface area contributed by atoms with Crippen LogP contribution >= 0.6 is 15.9 Å². The predicted octanol–water partition coefficient (Wildman–Crippen LogP) is 3.32. The first-order valence-corrected chi connectivity index (χ1v) is 7.24. The minimum atomic E-state index is -0.547. The van der Waals surface area contributed by atoms with E-state index in [-0.39, 0.29) is 77.6 Å². The molecule has 7 heteroatoms. The van der Waals surface area contributed by atoms with Crippen LogP contribution in [0.2, 0.25) is 6.32 Å². The molecule has 1 aliphatic rings. The van der Waals surface area contributed by atoms with E-state index < -0.39 is 5.79 Å². The molecule has 0 aromatic heterocycles. The molecule has 4 radical (unpaired) electrons. The first-order valence-electron chi connectivity index (χ1n) is 6.45. The number of para-hydroxylation sites is 1. The summed E-state index contributed by atoms with van der Waals surface area (Å²) in [6.07, 6.45) is 1.08. The summed E-state index contributed by atoms with van der Waals surface area (Å²) in [6.45, 7) is 4.35. The van der Waals surface area contributed by atoms with Crippen LogP contribution in [-0.4, -0.2) is 32.4 Å². The summed E-state index contributed by atoms with van der Waals surface area (Å²) < 4.78 is 18.4. The molecule has 1 heterocycles. The van der Waals surface area contributed by atoms with Gasteiger partial charge in [0.2, 0.25) is 0 Å². The number of ether oxygens (including phenoxy) is 3. The van der Waals surface area contributed by atoms with Crippen molar-refractivity contribution in [1.82, 2.24) is 0 Å². The SMILES string of the molecule is [B]CCC(Oc1ccccc1Br)[C@H]1COC(C)(C)O1.[Y].[Y]. The van der Waals surface area contributed by atoms with Crippen LogP contribution in [0.15, 0.2) is 28.7 Å². The van der Waals surface area contributed by atoms with E-state index in [0.717, 1.165) is 16.6 Å². The second kappa shape index (κ2) is 10.5. The van der Waals surface area contributed by atoms with Crippen molar-refractivity contribution in [2.24, 2.45) is 0 Å². The Balaban J connectivity index is 0.00000200. The fraction of sp³-hybridized carbons (Fsp3) is 0.571. The second-order valence-electron chi connectivity index (χ2n) is 5.03. The average Bonchev–Trinajstić information content (AvgIpc) is 2.72. The molecule has 0 spiro atoms. The van der Waals surface area contributed by atoms with Gasteiger partial charge >= 0.3 is 0 Å². The van der Waals surface area contributed by atoms with Crippen LogP contribution in [0, 0.1) is 0 Å². The fourth-order valence-corrected chi connectivity index (χ4v) is 2.47. The van der Waals surface area contributed by atoms with Crippen LogP contribution in [0.3, 0.4) is 0 Å². The van der Waals surface area contributed by atoms with Crippen LogP contribution in [-0.2, 0) is 74.9 Å². The van der Waals surface area contributed by atoms with Crippen LogP contribution in [0.5, 0.6) is 5.75 Å². The van der Waals surface area contributed by atoms with Crippen LogP contribution < -0.4 is 4.74 Å². The zero-order valence-corrected chi connectivity index (χ0v) is 19.7. The molecule has 2 atom stereocenters. The maximum atomic E-state index is 6.03. The molecular formula is C14H18BBrO3Y2. The standard InChI is InChI=1S/C14H18BBrO3.2Y/c1-14(2)17-9-13(19-14)12(7-8-15)18-11-6-4-3-5-10(11)16;;/h3-6,12-13H,7-9H2,1-2H3;;/t12?,13-;;/m1../s1. The molecule has 1 unspecified atom stereocenters. The first kappa shape index (κ1) is 22.7. The minimum absolute atomic E-state index is 0. The third kappa shape index (κ3) is 6.99. The topological polar surface area (TPSA) is 27.7 Å². The molecule has 1 aromatic rings. The van der Waals surface area contributed by atoms with E-state index in [1.165, 1.54) is 0 Å². The molecule has 1 aliphatic heterocycles. The molecule has 0 N–H and O–H groups in total. The molecule has 0 saturated carbocycles. The van der Waals surface area contributed by atoms with Crippen molar-refractivity contribution in [3.8, 4) is 5.75 Å². The third-order valence-corrected chi connectivity index (χ3v) is 3.67. The van der Waals surface area contributed by atoms with Crippen LogP contribution in [0.1, 0.15) is 20.3 Å². The molecule has 1 saturated heterocycles. The summed E-state index contributed by atoms with van der Waals surface area (Å²) in [4.78, 5) is 0. The average molecular weight is 503 g/mol. The van der Waals surface area contributed by atoms with E-state index in [1.54, 1.807) is 0 Å². The van der Waals surface area contributed by atoms with Gasteiger partial charge in [-0.2, -0.15) is 0 Å². The second-order valence-corrected chi connectivity index (χ2v) is 5.89. The summed E-state index contributed by atoms with van der Waals surface area (Å²) in [5, 5.41) is 0. The summed E-state index contributed by atoms with van der Waals surface area (Å²) in [5.41, 5.74) is 0. The Kier molecular flexibility index (Phi) is 11.4. The van der Waals surface area contributed by atoms with Gasteiger partial charge in [0.15, 0.2) is 5.79 Å². The Morgan fingerprint density at radius 1 is 1.38 bits per heavy atom. The van der Waals surface area contributed by atoms with Gasteiger partial charge in [-0.3, -0.25) is 0 Å². The van der Waals surface area contributed by atoms with Gasteiger partial charge in [0.1, 0.15) is 18.0 Å². The van der Waals surface area contributed by atoms with Crippen molar-refractivity contribution >= 4 is 23.8 Å². The molecule has 3 nitrogen and oxygen atoms in total. The number of hydrogen-bond acceptors (Lipinski definition) is 3. The Hall–Kier alpha value is 1.69. The third-order valence-electron chi connectivity index (χ3n) is 3.01. The molecule has 2 rings (SSSR count). The summed E-state index contributed by atoms with van der Waals surface area (Å²) in [7, 11) is 5.67. The van der Waals surface area contributed by atoms with Crippen molar-refractivity contribution in [3.63, 3.8) is 0 Å². The quantitative estimate of drug-likeness (QED) is 0.578. The van der Waals surface area contributed by atoms with Gasteiger partial charge in [-0.25, -0.2) is 0 Å². The maximum Gasteiger partial charge on any atom is 0.163 e. The van der Waals surface area contributed by atoms with Gasteiger partial charge in [-0.1, -0.05) is 18.5 Å². The summed E-state index contributed by atoms with van der Waals surface area (Å²) in [5.74, 6) is 0.253. The molecule has 0 aliphatic carbocycles. The monoisotopic (exact) mass is 502 g/mol. The van der Waals surface area contributed by atoms with Gasteiger partial charge < -0.3 is 14.2 Å². The van der Waals surface area contributed by atoms with Gasteiger partial charge in [-0.15, -0.1) is 0 Å². The number of benzene rings is 1. The van der Waals surface area contributed by atoms with Gasteiger partial charge in [0.25, 0.3) is 0 Å². The first-order chi connectivity index (χ1) is 9.02. The van der Waals surface area contributed by atoms with E-state index >= 15 is 0 Å². The zero-order chi connectivity index (χ0) is 13.9. The summed E-state index contributed by atoms with van der Waals surface area (Å²) >= 11 is 3.48. The van der Waals surface area contributed by atoms with Gasteiger partial charge in [-0.05, 0) is 48.3 Å². The molecule has 21 heavy (non-hydrogen) atoms. The number of hydrogen-bond donors (Lipinski definition) is 0. The van der Waals surface area contributed by atoms with Crippen LogP contribution in [0.25, 0.3) is 0 Å². The van der Waals surface area contributed by atoms with E-state index in [4.69, 9.17) is 22.1 Å². The Morgan fingerprint density at radius 3 is 2.57 bits per heavy atom. The minimum Gasteiger partial charge on any atom is -0.486 e. The largest absolute Gasteiger partial charge is 0.486 e. The van der Waals surface area contributed by atoms with Crippen molar-refractivity contribution in [3.05, 3.63) is 28.7 Å². The van der Waals surface area contributed by atoms with Crippen molar-refractivity contribution in [2.75, 3.05) is 6.61 Å². The van der Waals surface area contributed by atoms with E-state index in [2.05, 4.69) is 15.9 Å². The van der Waals surface area contributed by atoms with E-state index in [1.807, 2.05) is 38.1 Å². The van der Waals surface area contributed by atoms with Gasteiger partial charge in [0.05, 0.1) is 18.9 Å². The maximum absolute atomic E-state index is 6.03. The van der Waals surface area contributed by atoms with Crippen molar-refractivity contribution in [2.45, 2.75) is 44.6 Å². The molecule has 108 valence electrons. The molecular weight excluding hydrogens is 485 g/mol. The molecule has 0 amide bonds. The smallest absolute Gasteiger partial charge is 0.163 e. The van der Waals surface area contributed by atoms with E-state index in [9.17, 15) is 0 Å². The Bertz CT molecular complexity index is 434. The normalized spacial score (nSPS) is 21.0. The molecule has 1 aromatic carbocycles. The Labute approximate surface area is 186 Å². The number of halogens is 1. The predicted molar refractivity (Wildman–Crippen MR) is 78.6 cm³/mol. The van der Waals surface area contributed by atoms with Gasteiger partial charge in [0, 0.05) is 65.4 Å². The fourth-order valence-electron chi connectivity index (χ4n) is 2.09. The van der Waals surface area contributed by atoms with Crippen LogP contribution in [0.4, 0.5) is 0 Å². The zero-order valence-electron chi connectivity index (χ0n) is 12.4. The van der Waals surface area contributed by atoms with E-state index in [0.29, 0.717) is 12.9 Å². The van der Waals surface area contributed by atoms with Crippen molar-refractivity contribution < 1.29 is 79.6 Å². The molecule has 1 fully saturated rings. The molecule has 0 bridgehead atoms. The summed E-state index contributed by atoms with van der Waals surface area (Å²) in [6, 6.07) is 7.77. The Morgan fingerprint density at radius 2 is 2.05 bits per heavy atom.